The number of halogens is 4. The molecule has 0 fully saturated rings. The van der Waals surface area contributed by atoms with Gasteiger partial charge < -0.3 is 9.84 Å². The van der Waals surface area contributed by atoms with Gasteiger partial charge >= 0.3 is 6.18 Å². The molecule has 1 aliphatic heterocycles. The number of hydrazone groups is 1. The molecule has 9 heteroatoms. The van der Waals surface area contributed by atoms with E-state index in [2.05, 4.69) is 18.9 Å². The molecule has 3 aromatic rings. The number of ether oxygens (including phenoxy) is 1. The summed E-state index contributed by atoms with van der Waals surface area (Å²) in [5, 5.41) is 14.7. The third kappa shape index (κ3) is 4.96. The van der Waals surface area contributed by atoms with Crippen LogP contribution in [0.1, 0.15) is 37.0 Å². The first kappa shape index (κ1) is 25.7. The molecule has 188 valence electrons. The van der Waals surface area contributed by atoms with Gasteiger partial charge in [-0.15, -0.1) is 0 Å². The molecule has 36 heavy (non-hydrogen) atoms. The Bertz CT molecular complexity index is 1260. The Hall–Kier alpha value is -3.36. The minimum Gasteiger partial charge on any atom is -0.484 e. The van der Waals surface area contributed by atoms with Crippen molar-refractivity contribution in [1.29, 1.82) is 0 Å². The molecular formula is C27H24ClF3N2O3. The number of rotatable bonds is 6. The Morgan fingerprint density at radius 1 is 1.00 bits per heavy atom. The van der Waals surface area contributed by atoms with Crippen LogP contribution in [0.5, 0.6) is 5.75 Å². The Morgan fingerprint density at radius 3 is 2.17 bits per heavy atom. The molecule has 4 rings (SSSR count). The lowest BCUT2D eigenvalue weighted by Gasteiger charge is -2.32. The molecule has 1 aliphatic rings. The summed E-state index contributed by atoms with van der Waals surface area (Å²) in [6, 6.07) is 22.8. The second kappa shape index (κ2) is 9.59. The minimum atomic E-state index is -5.13. The van der Waals surface area contributed by atoms with Crippen LogP contribution in [0.4, 0.5) is 13.2 Å². The normalized spacial score (nSPS) is 18.2. The first-order valence-electron chi connectivity index (χ1n) is 11.2. The van der Waals surface area contributed by atoms with E-state index in [0.717, 1.165) is 11.1 Å². The summed E-state index contributed by atoms with van der Waals surface area (Å²) in [6.45, 7) is 3.41. The summed E-state index contributed by atoms with van der Waals surface area (Å²) in [6.07, 6.45) is -6.04. The van der Waals surface area contributed by atoms with Crippen LogP contribution in [0.25, 0.3) is 0 Å². The lowest BCUT2D eigenvalue weighted by atomic mass is 9.78. The lowest BCUT2D eigenvalue weighted by molar-refractivity contribution is -0.302. The van der Waals surface area contributed by atoms with Crippen LogP contribution in [-0.4, -0.2) is 40.2 Å². The van der Waals surface area contributed by atoms with Gasteiger partial charge in [0.1, 0.15) is 5.75 Å². The third-order valence-corrected chi connectivity index (χ3v) is 6.54. The maximum Gasteiger partial charge on any atom is 0.438 e. The second-order valence-electron chi connectivity index (χ2n) is 9.05. The fraction of sp³-hybridized carbons (Fsp3) is 0.259. The summed E-state index contributed by atoms with van der Waals surface area (Å²) >= 11 is 5.84. The Morgan fingerprint density at radius 2 is 1.58 bits per heavy atom. The fourth-order valence-electron chi connectivity index (χ4n) is 4.03. The third-order valence-electron chi connectivity index (χ3n) is 6.29. The molecule has 0 saturated heterocycles. The molecule has 5 nitrogen and oxygen atoms in total. The number of hydrogen-bond acceptors (Lipinski definition) is 4. The maximum atomic E-state index is 13.8. The number of carbonyl (C=O) groups is 1. The summed E-state index contributed by atoms with van der Waals surface area (Å²) in [4.78, 5) is 12.7. The lowest BCUT2D eigenvalue weighted by Crippen LogP contribution is -2.57. The van der Waals surface area contributed by atoms with E-state index in [-0.39, 0.29) is 16.1 Å². The van der Waals surface area contributed by atoms with Crippen molar-refractivity contribution in [3.8, 4) is 5.75 Å². The summed E-state index contributed by atoms with van der Waals surface area (Å²) < 4.78 is 46.8. The zero-order valence-electron chi connectivity index (χ0n) is 19.6. The molecule has 0 aliphatic carbocycles. The highest BCUT2D eigenvalue weighted by atomic mass is 35.5. The minimum absolute atomic E-state index is 0.0593. The average molecular weight is 517 g/mol. The average Bonchev–Trinajstić information content (AvgIpc) is 3.23. The summed E-state index contributed by atoms with van der Waals surface area (Å²) in [5.74, 6) is -0.833. The molecule has 0 saturated carbocycles. The number of hydrogen-bond donors (Lipinski definition) is 1. The first-order chi connectivity index (χ1) is 16.9. The van der Waals surface area contributed by atoms with Crippen molar-refractivity contribution in [2.24, 2.45) is 5.10 Å². The van der Waals surface area contributed by atoms with Gasteiger partial charge in [-0.2, -0.15) is 23.3 Å². The molecule has 1 N–H and O–H groups in total. The van der Waals surface area contributed by atoms with Gasteiger partial charge in [0.05, 0.1) is 12.1 Å². The van der Waals surface area contributed by atoms with Crippen LogP contribution >= 0.6 is 11.6 Å². The summed E-state index contributed by atoms with van der Waals surface area (Å²) in [7, 11) is 0. The second-order valence-corrected chi connectivity index (χ2v) is 9.49. The number of carbonyl (C=O) groups excluding carboxylic acids is 1. The molecule has 1 amide bonds. The Labute approximate surface area is 211 Å². The highest BCUT2D eigenvalue weighted by Gasteiger charge is 2.63. The highest BCUT2D eigenvalue weighted by Crippen LogP contribution is 2.41. The number of nitrogens with zero attached hydrogens (tertiary/aromatic N) is 2. The smallest absolute Gasteiger partial charge is 0.438 e. The predicted molar refractivity (Wildman–Crippen MR) is 131 cm³/mol. The van der Waals surface area contributed by atoms with E-state index in [4.69, 9.17) is 16.3 Å². The topological polar surface area (TPSA) is 62.1 Å². The van der Waals surface area contributed by atoms with Crippen molar-refractivity contribution >= 4 is 23.2 Å². The molecule has 0 radical (unpaired) electrons. The van der Waals surface area contributed by atoms with Crippen molar-refractivity contribution in [1.82, 2.24) is 5.01 Å². The van der Waals surface area contributed by atoms with Gasteiger partial charge in [0.2, 0.25) is 0 Å². The standard InChI is InChI=1S/C27H24ClF3N2O3/c1-25(2,19-6-4-3-5-7-19)20-10-14-22(15-11-20)36-17-24(34)33-26(35,27(29,30)31)16-23(32-33)18-8-12-21(28)13-9-18/h3-15,35H,16-17H2,1-2H3/t26-/m1/s1. The van der Waals surface area contributed by atoms with Crippen molar-refractivity contribution in [2.75, 3.05) is 6.61 Å². The van der Waals surface area contributed by atoms with Crippen molar-refractivity contribution in [3.05, 3.63) is 101 Å². The van der Waals surface area contributed by atoms with Crippen molar-refractivity contribution < 1.29 is 27.8 Å². The van der Waals surface area contributed by atoms with Crippen molar-refractivity contribution in [2.45, 2.75) is 37.6 Å². The molecule has 1 atom stereocenters. The first-order valence-corrected chi connectivity index (χ1v) is 11.5. The quantitative estimate of drug-likeness (QED) is 0.441. The highest BCUT2D eigenvalue weighted by molar-refractivity contribution is 6.30. The Balaban J connectivity index is 1.50. The number of alkyl halides is 3. The molecule has 1 heterocycles. The van der Waals surface area contributed by atoms with E-state index in [1.54, 1.807) is 12.1 Å². The number of benzene rings is 3. The zero-order chi connectivity index (χ0) is 26.1. The number of amides is 1. The van der Waals surface area contributed by atoms with Crippen LogP contribution in [0.3, 0.4) is 0 Å². The molecular weight excluding hydrogens is 493 g/mol. The van der Waals surface area contributed by atoms with E-state index in [1.165, 1.54) is 24.3 Å². The monoisotopic (exact) mass is 516 g/mol. The van der Waals surface area contributed by atoms with Gasteiger partial charge in [-0.25, -0.2) is 0 Å². The molecule has 0 bridgehead atoms. The van der Waals surface area contributed by atoms with Crippen LogP contribution < -0.4 is 4.74 Å². The van der Waals surface area contributed by atoms with Crippen LogP contribution in [0.2, 0.25) is 5.02 Å². The predicted octanol–water partition coefficient (Wildman–Crippen LogP) is 5.93. The van der Waals surface area contributed by atoms with E-state index < -0.39 is 30.8 Å². The van der Waals surface area contributed by atoms with Gasteiger partial charge in [0, 0.05) is 10.4 Å². The van der Waals surface area contributed by atoms with Gasteiger partial charge in [-0.1, -0.05) is 80.0 Å². The van der Waals surface area contributed by atoms with Gasteiger partial charge in [0.25, 0.3) is 11.6 Å². The van der Waals surface area contributed by atoms with E-state index in [1.807, 2.05) is 42.5 Å². The van der Waals surface area contributed by atoms with Gasteiger partial charge in [-0.3, -0.25) is 4.79 Å². The maximum absolute atomic E-state index is 13.8. The molecule has 3 aromatic carbocycles. The molecule has 0 unspecified atom stereocenters. The fourth-order valence-corrected chi connectivity index (χ4v) is 4.15. The molecule has 0 spiro atoms. The largest absolute Gasteiger partial charge is 0.484 e. The molecule has 0 aromatic heterocycles. The summed E-state index contributed by atoms with van der Waals surface area (Å²) in [5.41, 5.74) is -1.44. The van der Waals surface area contributed by atoms with Gasteiger partial charge in [-0.05, 0) is 41.0 Å². The Kier molecular flexibility index (Phi) is 6.86. The van der Waals surface area contributed by atoms with E-state index in [9.17, 15) is 23.1 Å². The van der Waals surface area contributed by atoms with Crippen LogP contribution in [0.15, 0.2) is 84.0 Å². The SMILES string of the molecule is CC(C)(c1ccccc1)c1ccc(OCC(=O)N2N=C(c3ccc(Cl)cc3)C[C@@]2(O)C(F)(F)F)cc1. The van der Waals surface area contributed by atoms with Crippen molar-refractivity contribution in [3.63, 3.8) is 0 Å². The van der Waals surface area contributed by atoms with E-state index >= 15 is 0 Å². The van der Waals surface area contributed by atoms with E-state index in [0.29, 0.717) is 16.3 Å². The van der Waals surface area contributed by atoms with Crippen LogP contribution in [0, 0.1) is 0 Å². The number of aliphatic hydroxyl groups is 1. The van der Waals surface area contributed by atoms with Gasteiger partial charge in [0.15, 0.2) is 6.61 Å². The van der Waals surface area contributed by atoms with Crippen LogP contribution in [-0.2, 0) is 10.2 Å². The zero-order valence-corrected chi connectivity index (χ0v) is 20.3.